The third kappa shape index (κ3) is 23.8. The fourth-order valence-corrected chi connectivity index (χ4v) is 4.34. The molecule has 0 saturated carbocycles. The van der Waals surface area contributed by atoms with Crippen molar-refractivity contribution >= 4 is 13.8 Å². The van der Waals surface area contributed by atoms with E-state index in [4.69, 9.17) is 18.5 Å². The topological polar surface area (TPSA) is 115 Å². The van der Waals surface area contributed by atoms with Gasteiger partial charge in [-0.15, -0.1) is 0 Å². The molecule has 0 aromatic heterocycles. The van der Waals surface area contributed by atoms with Crippen molar-refractivity contribution in [3.63, 3.8) is 0 Å². The molecule has 3 atom stereocenters. The van der Waals surface area contributed by atoms with Crippen LogP contribution in [0.3, 0.4) is 0 Å². The lowest BCUT2D eigenvalue weighted by Gasteiger charge is -2.22. The number of unbranched alkanes of at least 4 members (excludes halogenated alkanes) is 12. The first-order valence-corrected chi connectivity index (χ1v) is 15.4. The van der Waals surface area contributed by atoms with Crippen LogP contribution in [0.2, 0.25) is 0 Å². The number of esters is 1. The number of rotatable bonds is 26. The predicted octanol–water partition coefficient (Wildman–Crippen LogP) is 5.47. The van der Waals surface area contributed by atoms with Gasteiger partial charge in [-0.1, -0.05) is 84.0 Å². The van der Waals surface area contributed by atoms with Crippen LogP contribution in [0.5, 0.6) is 0 Å². The van der Waals surface area contributed by atoms with Crippen molar-refractivity contribution in [2.75, 3.05) is 47.1 Å². The van der Waals surface area contributed by atoms with Gasteiger partial charge in [-0.3, -0.25) is 13.8 Å². The van der Waals surface area contributed by atoms with E-state index in [1.165, 1.54) is 64.2 Å². The van der Waals surface area contributed by atoms with E-state index < -0.39 is 20.0 Å². The second-order valence-corrected chi connectivity index (χ2v) is 11.3. The molecule has 9 nitrogen and oxygen atoms in total. The van der Waals surface area contributed by atoms with Gasteiger partial charge in [0.1, 0.15) is 12.7 Å². The Hall–Kier alpha value is -0.540. The third-order valence-electron chi connectivity index (χ3n) is 5.81. The number of hydrogen-bond acceptors (Lipinski definition) is 8. The summed E-state index contributed by atoms with van der Waals surface area (Å²) in [7, 11) is -0.618. The molecule has 0 aromatic rings. The Balaban J connectivity index is 3.99. The number of nitrogens with zero attached hydrogens (tertiary/aromatic N) is 1. The number of aliphatic hydroxyl groups excluding tert-OH is 1. The van der Waals surface area contributed by atoms with E-state index in [-0.39, 0.29) is 32.4 Å². The Labute approximate surface area is 219 Å². The highest BCUT2D eigenvalue weighted by molar-refractivity contribution is 7.47. The maximum Gasteiger partial charge on any atom is 0.472 e. The average molecular weight is 540 g/mol. The van der Waals surface area contributed by atoms with E-state index in [0.717, 1.165) is 19.3 Å². The summed E-state index contributed by atoms with van der Waals surface area (Å²) in [4.78, 5) is 23.7. The van der Waals surface area contributed by atoms with Gasteiger partial charge in [-0.25, -0.2) is 4.57 Å². The molecule has 0 aliphatic carbocycles. The fourth-order valence-electron chi connectivity index (χ4n) is 3.60. The van der Waals surface area contributed by atoms with Crippen LogP contribution in [-0.4, -0.2) is 80.1 Å². The molecular formula is C26H54NO8P. The molecule has 0 aromatic carbocycles. The summed E-state index contributed by atoms with van der Waals surface area (Å²) in [6, 6.07) is 0. The summed E-state index contributed by atoms with van der Waals surface area (Å²) in [5, 5.41) is 9.24. The number of likely N-dealkylation sites (N-methyl/N-ethyl adjacent to an activating group) is 1. The second-order valence-electron chi connectivity index (χ2n) is 9.83. The van der Waals surface area contributed by atoms with Crippen LogP contribution < -0.4 is 0 Å². The summed E-state index contributed by atoms with van der Waals surface area (Å²) >= 11 is 0. The van der Waals surface area contributed by atoms with Gasteiger partial charge in [0.2, 0.25) is 0 Å². The minimum absolute atomic E-state index is 0.0352. The molecule has 10 heteroatoms. The first-order valence-electron chi connectivity index (χ1n) is 13.9. The number of carbonyl (C=O) groups is 1. The number of carbonyl (C=O) groups excluding carboxylic acids is 1. The third-order valence-corrected chi connectivity index (χ3v) is 6.80. The molecule has 3 unspecified atom stereocenters. The van der Waals surface area contributed by atoms with Crippen molar-refractivity contribution in [1.29, 1.82) is 0 Å². The SMILES string of the molecule is CCCCCCCCCCCCCCCC(=O)OCC(COP(=O)(O)OCCN(C)C)OC(C)CO. The smallest absolute Gasteiger partial charge is 0.463 e. The lowest BCUT2D eigenvalue weighted by molar-refractivity contribution is -0.151. The van der Waals surface area contributed by atoms with Crippen LogP contribution in [-0.2, 0) is 27.9 Å². The molecule has 0 amide bonds. The molecule has 0 fully saturated rings. The zero-order valence-electron chi connectivity index (χ0n) is 23.3. The van der Waals surface area contributed by atoms with Crippen molar-refractivity contribution < 1.29 is 37.9 Å². The molecule has 0 radical (unpaired) electrons. The Bertz CT molecular complexity index is 564. The fraction of sp³-hybridized carbons (Fsp3) is 0.962. The van der Waals surface area contributed by atoms with Crippen LogP contribution in [0.15, 0.2) is 0 Å². The van der Waals surface area contributed by atoms with Gasteiger partial charge in [-0.2, -0.15) is 0 Å². The van der Waals surface area contributed by atoms with E-state index in [1.54, 1.807) is 6.92 Å². The molecule has 36 heavy (non-hydrogen) atoms. The number of phosphoric acid groups is 1. The average Bonchev–Trinajstić information content (AvgIpc) is 2.83. The quantitative estimate of drug-likeness (QED) is 0.0838. The van der Waals surface area contributed by atoms with Crippen LogP contribution in [0.4, 0.5) is 0 Å². The van der Waals surface area contributed by atoms with Gasteiger partial charge in [-0.05, 0) is 27.4 Å². The van der Waals surface area contributed by atoms with Crippen LogP contribution >= 0.6 is 7.82 Å². The molecule has 0 rings (SSSR count). The Morgan fingerprint density at radius 3 is 1.89 bits per heavy atom. The first kappa shape index (κ1) is 35.5. The van der Waals surface area contributed by atoms with E-state index in [9.17, 15) is 19.4 Å². The predicted molar refractivity (Wildman–Crippen MR) is 143 cm³/mol. The molecule has 0 heterocycles. The van der Waals surface area contributed by atoms with Crippen LogP contribution in [0.25, 0.3) is 0 Å². The standard InChI is InChI=1S/C26H54NO8P/c1-5-6-7-8-9-10-11-12-13-14-15-16-17-18-26(29)32-22-25(35-24(2)21-28)23-34-36(30,31)33-20-19-27(3)4/h24-25,28H,5-23H2,1-4H3,(H,30,31). The van der Waals surface area contributed by atoms with Crippen molar-refractivity contribution in [3.05, 3.63) is 0 Å². The molecule has 0 spiro atoms. The Morgan fingerprint density at radius 1 is 0.861 bits per heavy atom. The Kier molecular flexibility index (Phi) is 23.2. The highest BCUT2D eigenvalue weighted by atomic mass is 31.2. The molecule has 0 aliphatic heterocycles. The van der Waals surface area contributed by atoms with Crippen LogP contribution in [0.1, 0.15) is 104 Å². The molecule has 0 saturated heterocycles. The van der Waals surface area contributed by atoms with E-state index >= 15 is 0 Å². The summed E-state index contributed by atoms with van der Waals surface area (Å²) < 4.78 is 32.8. The monoisotopic (exact) mass is 539 g/mol. The molecule has 0 aliphatic rings. The zero-order chi connectivity index (χ0) is 27.1. The van der Waals surface area contributed by atoms with Gasteiger partial charge in [0.15, 0.2) is 0 Å². The van der Waals surface area contributed by atoms with E-state index in [1.807, 2.05) is 19.0 Å². The molecular weight excluding hydrogens is 485 g/mol. The molecule has 216 valence electrons. The summed E-state index contributed by atoms with van der Waals surface area (Å²) in [6.07, 6.45) is 15.1. The normalized spacial score (nSPS) is 15.1. The summed E-state index contributed by atoms with van der Waals surface area (Å²) in [5.41, 5.74) is 0. The number of phosphoric ester groups is 1. The van der Waals surface area contributed by atoms with Crippen molar-refractivity contribution in [1.82, 2.24) is 4.90 Å². The van der Waals surface area contributed by atoms with Gasteiger partial charge in [0.25, 0.3) is 0 Å². The van der Waals surface area contributed by atoms with Crippen molar-refractivity contribution in [2.24, 2.45) is 0 Å². The minimum atomic E-state index is -4.26. The minimum Gasteiger partial charge on any atom is -0.463 e. The van der Waals surface area contributed by atoms with Gasteiger partial charge in [0, 0.05) is 13.0 Å². The summed E-state index contributed by atoms with van der Waals surface area (Å²) in [6.45, 7) is 3.73. The number of ether oxygens (including phenoxy) is 2. The molecule has 0 bridgehead atoms. The zero-order valence-corrected chi connectivity index (χ0v) is 24.2. The van der Waals surface area contributed by atoms with Gasteiger partial charge >= 0.3 is 13.8 Å². The highest BCUT2D eigenvalue weighted by Gasteiger charge is 2.25. The van der Waals surface area contributed by atoms with E-state index in [2.05, 4.69) is 6.92 Å². The number of aliphatic hydroxyl groups is 1. The van der Waals surface area contributed by atoms with Crippen molar-refractivity contribution in [3.8, 4) is 0 Å². The lowest BCUT2D eigenvalue weighted by atomic mass is 10.0. The number of hydrogen-bond donors (Lipinski definition) is 2. The second kappa shape index (κ2) is 23.6. The maximum atomic E-state index is 12.1. The van der Waals surface area contributed by atoms with Crippen molar-refractivity contribution in [2.45, 2.75) is 116 Å². The van der Waals surface area contributed by atoms with Gasteiger partial charge < -0.3 is 24.4 Å². The largest absolute Gasteiger partial charge is 0.472 e. The highest BCUT2D eigenvalue weighted by Crippen LogP contribution is 2.43. The van der Waals surface area contributed by atoms with Crippen LogP contribution in [0, 0.1) is 0 Å². The molecule has 2 N–H and O–H groups in total. The Morgan fingerprint density at radius 2 is 1.39 bits per heavy atom. The van der Waals surface area contributed by atoms with Gasteiger partial charge in [0.05, 0.1) is 25.9 Å². The lowest BCUT2D eigenvalue weighted by Crippen LogP contribution is -2.31. The van der Waals surface area contributed by atoms with E-state index in [0.29, 0.717) is 13.0 Å². The maximum absolute atomic E-state index is 12.1. The first-order chi connectivity index (χ1) is 17.2. The summed E-state index contributed by atoms with van der Waals surface area (Å²) in [5.74, 6) is -0.335.